The van der Waals surface area contributed by atoms with E-state index in [1.807, 2.05) is 0 Å². The Bertz CT molecular complexity index is 348. The normalized spacial score (nSPS) is 22.2. The van der Waals surface area contributed by atoms with Gasteiger partial charge in [-0.25, -0.2) is 0 Å². The summed E-state index contributed by atoms with van der Waals surface area (Å²) in [6.45, 7) is 5.49. The lowest BCUT2D eigenvalue weighted by molar-refractivity contribution is 0.430. The van der Waals surface area contributed by atoms with Crippen LogP contribution in [0.5, 0.6) is 0 Å². The van der Waals surface area contributed by atoms with Crippen LogP contribution in [0.1, 0.15) is 26.7 Å². The van der Waals surface area contributed by atoms with Gasteiger partial charge < -0.3 is 27.2 Å². The minimum Gasteiger partial charge on any atom is -0.402 e. The SMILES string of the molecule is CNN=C(NC1CCCNC1)/C(C(C)=N)=C(\C)N. The van der Waals surface area contributed by atoms with E-state index in [0.717, 1.165) is 25.9 Å². The fraction of sp³-hybridized carbons (Fsp3) is 0.667. The number of allylic oxidation sites excluding steroid dienone is 1. The molecule has 0 spiro atoms. The zero-order valence-corrected chi connectivity index (χ0v) is 11.4. The maximum atomic E-state index is 7.81. The molecule has 6 heteroatoms. The Morgan fingerprint density at radius 2 is 2.17 bits per heavy atom. The van der Waals surface area contributed by atoms with Gasteiger partial charge in [0.1, 0.15) is 0 Å². The van der Waals surface area contributed by atoms with Crippen LogP contribution >= 0.6 is 0 Å². The van der Waals surface area contributed by atoms with E-state index in [1.165, 1.54) is 0 Å². The highest BCUT2D eigenvalue weighted by Gasteiger charge is 2.18. The first kappa shape index (κ1) is 14.5. The molecule has 1 atom stereocenters. The van der Waals surface area contributed by atoms with Gasteiger partial charge in [0.25, 0.3) is 0 Å². The summed E-state index contributed by atoms with van der Waals surface area (Å²) in [5.41, 5.74) is 10.3. The van der Waals surface area contributed by atoms with Gasteiger partial charge in [0.05, 0.1) is 5.57 Å². The average Bonchev–Trinajstić information content (AvgIpc) is 2.29. The van der Waals surface area contributed by atoms with E-state index in [-0.39, 0.29) is 0 Å². The van der Waals surface area contributed by atoms with Crippen LogP contribution in [0, 0.1) is 5.41 Å². The number of rotatable bonds is 4. The molecule has 0 aromatic rings. The summed E-state index contributed by atoms with van der Waals surface area (Å²) < 4.78 is 0. The number of piperidine rings is 1. The van der Waals surface area contributed by atoms with E-state index in [2.05, 4.69) is 21.2 Å². The first-order valence-corrected chi connectivity index (χ1v) is 6.30. The predicted molar refractivity (Wildman–Crippen MR) is 75.8 cm³/mol. The maximum Gasteiger partial charge on any atom is 0.156 e. The van der Waals surface area contributed by atoms with E-state index in [1.54, 1.807) is 20.9 Å². The first-order chi connectivity index (χ1) is 8.56. The van der Waals surface area contributed by atoms with Crippen LogP contribution in [-0.2, 0) is 0 Å². The van der Waals surface area contributed by atoms with E-state index in [9.17, 15) is 0 Å². The zero-order chi connectivity index (χ0) is 13.5. The molecule has 0 aliphatic carbocycles. The molecule has 102 valence electrons. The lowest BCUT2D eigenvalue weighted by Gasteiger charge is -2.26. The van der Waals surface area contributed by atoms with Crippen LogP contribution in [0.2, 0.25) is 0 Å². The number of hydrogen-bond acceptors (Lipinski definition) is 5. The Morgan fingerprint density at radius 3 is 2.61 bits per heavy atom. The lowest BCUT2D eigenvalue weighted by Crippen LogP contribution is -2.47. The molecule has 1 rings (SSSR count). The van der Waals surface area contributed by atoms with Crippen molar-refractivity contribution in [3.05, 3.63) is 11.3 Å². The topological polar surface area (TPSA) is 98.3 Å². The minimum absolute atomic E-state index is 0.333. The van der Waals surface area contributed by atoms with Crippen LogP contribution in [-0.4, -0.2) is 37.7 Å². The highest BCUT2D eigenvalue weighted by Crippen LogP contribution is 2.07. The first-order valence-electron chi connectivity index (χ1n) is 6.30. The van der Waals surface area contributed by atoms with Gasteiger partial charge in [-0.2, -0.15) is 5.10 Å². The number of amidine groups is 1. The Hall–Kier alpha value is -1.56. The van der Waals surface area contributed by atoms with Crippen molar-refractivity contribution < 1.29 is 0 Å². The van der Waals surface area contributed by atoms with Gasteiger partial charge >= 0.3 is 0 Å². The third-order valence-electron chi connectivity index (χ3n) is 2.87. The van der Waals surface area contributed by atoms with E-state index < -0.39 is 0 Å². The predicted octanol–water partition coefficient (Wildman–Crippen LogP) is 0.133. The second-order valence-electron chi connectivity index (χ2n) is 4.55. The second-order valence-corrected chi connectivity index (χ2v) is 4.55. The zero-order valence-electron chi connectivity index (χ0n) is 11.4. The van der Waals surface area contributed by atoms with Gasteiger partial charge in [0, 0.05) is 31.0 Å². The fourth-order valence-electron chi connectivity index (χ4n) is 2.10. The molecule has 1 fully saturated rings. The summed E-state index contributed by atoms with van der Waals surface area (Å²) in [5, 5.41) is 18.7. The summed E-state index contributed by atoms with van der Waals surface area (Å²) in [7, 11) is 1.74. The van der Waals surface area contributed by atoms with Crippen LogP contribution in [0.25, 0.3) is 0 Å². The third-order valence-corrected chi connectivity index (χ3v) is 2.87. The maximum absolute atomic E-state index is 7.81. The highest BCUT2D eigenvalue weighted by molar-refractivity contribution is 6.22. The molecule has 6 N–H and O–H groups in total. The summed E-state index contributed by atoms with van der Waals surface area (Å²) in [5.74, 6) is 0.652. The van der Waals surface area contributed by atoms with Crippen molar-refractivity contribution in [1.29, 1.82) is 5.41 Å². The average molecular weight is 252 g/mol. The summed E-state index contributed by atoms with van der Waals surface area (Å²) in [6, 6.07) is 0.333. The van der Waals surface area contributed by atoms with Gasteiger partial charge in [-0.15, -0.1) is 0 Å². The number of nitrogens with two attached hydrogens (primary N) is 1. The molecule has 18 heavy (non-hydrogen) atoms. The highest BCUT2D eigenvalue weighted by atomic mass is 15.3. The smallest absolute Gasteiger partial charge is 0.156 e. The Morgan fingerprint density at radius 1 is 1.44 bits per heavy atom. The standard InChI is InChI=1S/C12H24N6/c1-8(13)11(9(2)14)12(18-15-3)17-10-5-4-6-16-7-10/h10,13,15-16H,4-7,14H2,1-3H3,(H,17,18)/b11-9+,13-8?. The monoisotopic (exact) mass is 252 g/mol. The van der Waals surface area contributed by atoms with Gasteiger partial charge in [-0.05, 0) is 33.2 Å². The third kappa shape index (κ3) is 4.03. The van der Waals surface area contributed by atoms with Crippen molar-refractivity contribution in [2.75, 3.05) is 20.1 Å². The van der Waals surface area contributed by atoms with Gasteiger partial charge in [0.2, 0.25) is 0 Å². The van der Waals surface area contributed by atoms with Crippen molar-refractivity contribution in [1.82, 2.24) is 16.1 Å². The molecule has 1 saturated heterocycles. The molecule has 1 aliphatic heterocycles. The molecule has 1 heterocycles. The molecule has 6 nitrogen and oxygen atoms in total. The molecule has 0 amide bonds. The largest absolute Gasteiger partial charge is 0.402 e. The molecule has 0 saturated carbocycles. The second kappa shape index (κ2) is 7.00. The molecule has 1 unspecified atom stereocenters. The molecule has 0 radical (unpaired) electrons. The van der Waals surface area contributed by atoms with Crippen molar-refractivity contribution in [2.24, 2.45) is 10.8 Å². The molecular weight excluding hydrogens is 228 g/mol. The van der Waals surface area contributed by atoms with E-state index >= 15 is 0 Å². The quantitative estimate of drug-likeness (QED) is 0.279. The fourth-order valence-corrected chi connectivity index (χ4v) is 2.10. The van der Waals surface area contributed by atoms with Crippen LogP contribution in [0.3, 0.4) is 0 Å². The molecular formula is C12H24N6. The Labute approximate surface area is 109 Å². The summed E-state index contributed by atoms with van der Waals surface area (Å²) >= 11 is 0. The molecule has 1 aliphatic rings. The number of hydrogen-bond donors (Lipinski definition) is 5. The van der Waals surface area contributed by atoms with Crippen LogP contribution < -0.4 is 21.8 Å². The number of nitrogens with one attached hydrogen (secondary N) is 4. The van der Waals surface area contributed by atoms with Gasteiger partial charge in [-0.1, -0.05) is 0 Å². The van der Waals surface area contributed by atoms with Crippen molar-refractivity contribution >= 4 is 11.5 Å². The van der Waals surface area contributed by atoms with Crippen molar-refractivity contribution in [3.63, 3.8) is 0 Å². The number of nitrogens with zero attached hydrogens (tertiary/aromatic N) is 1. The lowest BCUT2D eigenvalue weighted by atomic mass is 10.0. The minimum atomic E-state index is 0.333. The van der Waals surface area contributed by atoms with Gasteiger partial charge in [-0.3, -0.25) is 0 Å². The van der Waals surface area contributed by atoms with Crippen molar-refractivity contribution in [2.45, 2.75) is 32.7 Å². The van der Waals surface area contributed by atoms with Crippen LogP contribution in [0.4, 0.5) is 0 Å². The summed E-state index contributed by atoms with van der Waals surface area (Å²) in [4.78, 5) is 0. The van der Waals surface area contributed by atoms with E-state index in [0.29, 0.717) is 28.9 Å². The Kier molecular flexibility index (Phi) is 5.64. The van der Waals surface area contributed by atoms with E-state index in [4.69, 9.17) is 11.1 Å². The van der Waals surface area contributed by atoms with Gasteiger partial charge in [0.15, 0.2) is 5.84 Å². The summed E-state index contributed by atoms with van der Waals surface area (Å²) in [6.07, 6.45) is 2.25. The molecule has 0 aromatic heterocycles. The number of hydrazone groups is 1. The van der Waals surface area contributed by atoms with Crippen LogP contribution in [0.15, 0.2) is 16.4 Å². The molecule has 0 bridgehead atoms. The van der Waals surface area contributed by atoms with Crippen molar-refractivity contribution in [3.8, 4) is 0 Å². The molecule has 0 aromatic carbocycles. The Balaban J connectivity index is 2.85.